The number of anilines is 1. The molecule has 0 radical (unpaired) electrons. The Kier molecular flexibility index (Phi) is 9.12. The number of benzene rings is 2. The molecular formula is C25H28ClFN4O2S. The van der Waals surface area contributed by atoms with Crippen LogP contribution in [-0.2, 0) is 24.2 Å². The number of allylic oxidation sites excluding steroid dienone is 1. The van der Waals surface area contributed by atoms with Gasteiger partial charge in [0, 0.05) is 12.2 Å². The van der Waals surface area contributed by atoms with Crippen molar-refractivity contribution in [2.45, 2.75) is 51.4 Å². The van der Waals surface area contributed by atoms with Gasteiger partial charge < -0.3 is 10.1 Å². The third-order valence-corrected chi connectivity index (χ3v) is 6.48. The van der Waals surface area contributed by atoms with E-state index in [0.717, 1.165) is 29.7 Å². The van der Waals surface area contributed by atoms with Gasteiger partial charge in [0.1, 0.15) is 11.6 Å². The van der Waals surface area contributed by atoms with Crippen LogP contribution >= 0.6 is 23.4 Å². The van der Waals surface area contributed by atoms with Crippen LogP contribution in [0.3, 0.4) is 0 Å². The van der Waals surface area contributed by atoms with Crippen LogP contribution in [0.4, 0.5) is 10.1 Å². The van der Waals surface area contributed by atoms with E-state index in [-0.39, 0.29) is 16.7 Å². The molecule has 0 fully saturated rings. The third-order valence-electron chi connectivity index (χ3n) is 5.21. The van der Waals surface area contributed by atoms with E-state index in [1.807, 2.05) is 22.8 Å². The van der Waals surface area contributed by atoms with Crippen molar-refractivity contribution < 1.29 is 13.9 Å². The van der Waals surface area contributed by atoms with Crippen molar-refractivity contribution >= 4 is 35.0 Å². The Bertz CT molecular complexity index is 1150. The Labute approximate surface area is 208 Å². The number of hydrogen-bond donors (Lipinski definition) is 1. The fraction of sp³-hybridized carbons (Fsp3) is 0.320. The predicted molar refractivity (Wildman–Crippen MR) is 135 cm³/mol. The summed E-state index contributed by atoms with van der Waals surface area (Å²) in [5.74, 6) is 0.517. The number of carbonyl (C=O) groups is 1. The van der Waals surface area contributed by atoms with Crippen LogP contribution in [0, 0.1) is 5.82 Å². The fourth-order valence-electron chi connectivity index (χ4n) is 3.53. The molecule has 3 rings (SSSR count). The summed E-state index contributed by atoms with van der Waals surface area (Å²) in [6.45, 7) is 10.2. The molecule has 9 heteroatoms. The highest BCUT2D eigenvalue weighted by Gasteiger charge is 2.21. The van der Waals surface area contributed by atoms with Gasteiger partial charge in [0.2, 0.25) is 5.91 Å². The number of rotatable bonds is 11. The molecule has 0 saturated carbocycles. The SMILES string of the molecule is C=CCn1c(SCC(=O)Nc2c(CC)cccc2CC)nnc1C(C)Oc1ccc(F)cc1Cl. The van der Waals surface area contributed by atoms with Crippen LogP contribution in [0.25, 0.3) is 0 Å². The normalized spacial score (nSPS) is 11.8. The third kappa shape index (κ3) is 6.18. The largest absolute Gasteiger partial charge is 0.481 e. The lowest BCUT2D eigenvalue weighted by atomic mass is 10.0. The van der Waals surface area contributed by atoms with Crippen molar-refractivity contribution in [2.75, 3.05) is 11.1 Å². The molecule has 1 atom stereocenters. The van der Waals surface area contributed by atoms with E-state index in [9.17, 15) is 9.18 Å². The molecule has 0 saturated heterocycles. The second-order valence-electron chi connectivity index (χ2n) is 7.57. The van der Waals surface area contributed by atoms with Gasteiger partial charge in [-0.05, 0) is 49.1 Å². The summed E-state index contributed by atoms with van der Waals surface area (Å²) in [6, 6.07) is 10.0. The van der Waals surface area contributed by atoms with Gasteiger partial charge in [-0.2, -0.15) is 0 Å². The molecule has 1 unspecified atom stereocenters. The number of para-hydroxylation sites is 1. The Balaban J connectivity index is 1.72. The zero-order valence-corrected chi connectivity index (χ0v) is 21.0. The fourth-order valence-corrected chi connectivity index (χ4v) is 4.50. The number of halogens is 2. The molecule has 1 aromatic heterocycles. The average molecular weight is 503 g/mol. The highest BCUT2D eigenvalue weighted by atomic mass is 35.5. The van der Waals surface area contributed by atoms with Gasteiger partial charge in [0.05, 0.1) is 10.8 Å². The minimum atomic E-state index is -0.512. The van der Waals surface area contributed by atoms with Gasteiger partial charge in [-0.1, -0.05) is 61.5 Å². The number of carbonyl (C=O) groups excluding carboxylic acids is 1. The number of thioether (sulfide) groups is 1. The zero-order chi connectivity index (χ0) is 24.7. The monoisotopic (exact) mass is 502 g/mol. The molecular weight excluding hydrogens is 475 g/mol. The van der Waals surface area contributed by atoms with E-state index in [2.05, 4.69) is 35.9 Å². The summed E-state index contributed by atoms with van der Waals surface area (Å²) in [5, 5.41) is 12.3. The minimum absolute atomic E-state index is 0.113. The Hall–Kier alpha value is -2.84. The number of hydrogen-bond acceptors (Lipinski definition) is 5. The summed E-state index contributed by atoms with van der Waals surface area (Å²) >= 11 is 7.38. The molecule has 1 heterocycles. The van der Waals surface area contributed by atoms with Crippen LogP contribution in [0.15, 0.2) is 54.2 Å². The van der Waals surface area contributed by atoms with Crippen LogP contribution in [0.5, 0.6) is 5.75 Å². The van der Waals surface area contributed by atoms with Crippen LogP contribution in [-0.4, -0.2) is 26.4 Å². The maximum absolute atomic E-state index is 13.3. The van der Waals surface area contributed by atoms with E-state index in [1.54, 1.807) is 13.0 Å². The molecule has 2 aromatic carbocycles. The lowest BCUT2D eigenvalue weighted by Crippen LogP contribution is -2.17. The Morgan fingerprint density at radius 2 is 1.97 bits per heavy atom. The van der Waals surface area contributed by atoms with Crippen molar-refractivity contribution in [3.63, 3.8) is 0 Å². The van der Waals surface area contributed by atoms with Crippen molar-refractivity contribution in [1.29, 1.82) is 0 Å². The van der Waals surface area contributed by atoms with Gasteiger partial charge >= 0.3 is 0 Å². The second-order valence-corrected chi connectivity index (χ2v) is 8.92. The molecule has 3 aromatic rings. The Morgan fingerprint density at radius 1 is 1.26 bits per heavy atom. The molecule has 0 aliphatic rings. The first-order chi connectivity index (χ1) is 16.4. The standard InChI is InChI=1S/C25H28ClFN4O2S/c1-5-13-31-24(16(4)33-21-12-11-19(27)14-20(21)26)29-30-25(31)34-15-22(32)28-23-17(6-2)9-8-10-18(23)7-3/h5,8-12,14,16H,1,6-7,13,15H2,2-4H3,(H,28,32). The second kappa shape index (κ2) is 12.0. The lowest BCUT2D eigenvalue weighted by Gasteiger charge is -2.17. The first kappa shape index (κ1) is 25.8. The van der Waals surface area contributed by atoms with Crippen molar-refractivity contribution in [2.24, 2.45) is 0 Å². The summed E-state index contributed by atoms with van der Waals surface area (Å²) < 4.78 is 21.1. The average Bonchev–Trinajstić information content (AvgIpc) is 3.22. The molecule has 0 aliphatic carbocycles. The molecule has 6 nitrogen and oxygen atoms in total. The quantitative estimate of drug-likeness (QED) is 0.248. The van der Waals surface area contributed by atoms with Crippen molar-refractivity contribution in [3.05, 3.63) is 76.8 Å². The van der Waals surface area contributed by atoms with Gasteiger partial charge in [-0.15, -0.1) is 16.8 Å². The molecule has 0 bridgehead atoms. The van der Waals surface area contributed by atoms with Crippen LogP contribution < -0.4 is 10.1 Å². The summed E-state index contributed by atoms with van der Waals surface area (Å²) in [4.78, 5) is 12.8. The van der Waals surface area contributed by atoms with Gasteiger partial charge in [-0.25, -0.2) is 4.39 Å². The first-order valence-corrected chi connectivity index (χ1v) is 12.4. The maximum Gasteiger partial charge on any atom is 0.234 e. The summed E-state index contributed by atoms with van der Waals surface area (Å²) in [5.41, 5.74) is 3.12. The summed E-state index contributed by atoms with van der Waals surface area (Å²) in [7, 11) is 0. The molecule has 1 amide bonds. The van der Waals surface area contributed by atoms with Gasteiger partial charge in [-0.3, -0.25) is 9.36 Å². The molecule has 0 aliphatic heterocycles. The van der Waals surface area contributed by atoms with Crippen LogP contribution in [0.1, 0.15) is 43.8 Å². The molecule has 1 N–H and O–H groups in total. The van der Waals surface area contributed by atoms with E-state index in [4.69, 9.17) is 16.3 Å². The highest BCUT2D eigenvalue weighted by Crippen LogP contribution is 2.30. The van der Waals surface area contributed by atoms with Crippen molar-refractivity contribution in [3.8, 4) is 5.75 Å². The zero-order valence-electron chi connectivity index (χ0n) is 19.5. The molecule has 180 valence electrons. The maximum atomic E-state index is 13.3. The predicted octanol–water partition coefficient (Wildman–Crippen LogP) is 6.25. The van der Waals surface area contributed by atoms with Crippen LogP contribution in [0.2, 0.25) is 5.02 Å². The van der Waals surface area contributed by atoms with Gasteiger partial charge in [0.25, 0.3) is 0 Å². The molecule has 34 heavy (non-hydrogen) atoms. The number of ether oxygens (including phenoxy) is 1. The van der Waals surface area contributed by atoms with E-state index in [1.165, 1.54) is 30.0 Å². The number of nitrogens with one attached hydrogen (secondary N) is 1. The number of aromatic nitrogens is 3. The van der Waals surface area contributed by atoms with Crippen molar-refractivity contribution in [1.82, 2.24) is 14.8 Å². The van der Waals surface area contributed by atoms with E-state index < -0.39 is 11.9 Å². The number of amides is 1. The van der Waals surface area contributed by atoms with E-state index >= 15 is 0 Å². The first-order valence-electron chi connectivity index (χ1n) is 11.1. The lowest BCUT2D eigenvalue weighted by molar-refractivity contribution is -0.113. The van der Waals surface area contributed by atoms with Gasteiger partial charge in [0.15, 0.2) is 17.1 Å². The van der Waals surface area contributed by atoms with E-state index in [0.29, 0.717) is 23.3 Å². The topological polar surface area (TPSA) is 69.0 Å². The smallest absolute Gasteiger partial charge is 0.234 e. The minimum Gasteiger partial charge on any atom is -0.481 e. The highest BCUT2D eigenvalue weighted by molar-refractivity contribution is 7.99. The number of aryl methyl sites for hydroxylation is 2. The summed E-state index contributed by atoms with van der Waals surface area (Å²) in [6.07, 6.45) is 2.88. The number of nitrogens with zero attached hydrogens (tertiary/aromatic N) is 3. The molecule has 0 spiro atoms. The Morgan fingerprint density at radius 3 is 2.59 bits per heavy atom.